The van der Waals surface area contributed by atoms with Crippen LogP contribution in [-0.4, -0.2) is 29.2 Å². The molecule has 1 saturated heterocycles. The number of nitrogens with zero attached hydrogens (tertiary/aromatic N) is 1. The van der Waals surface area contributed by atoms with Gasteiger partial charge in [-0.1, -0.05) is 23.2 Å². The van der Waals surface area contributed by atoms with Gasteiger partial charge in [-0.25, -0.2) is 0 Å². The van der Waals surface area contributed by atoms with Gasteiger partial charge in [0, 0.05) is 6.04 Å². The maximum atomic E-state index is 12.2. The van der Waals surface area contributed by atoms with Gasteiger partial charge < -0.3 is 4.74 Å². The average molecular weight is 346 g/mol. The maximum Gasteiger partial charge on any atom is 0.293 e. The summed E-state index contributed by atoms with van der Waals surface area (Å²) < 4.78 is 5.07. The maximum absolute atomic E-state index is 12.2. The molecule has 0 atom stereocenters. The molecule has 0 unspecified atom stereocenters. The van der Waals surface area contributed by atoms with Crippen molar-refractivity contribution < 1.29 is 14.3 Å². The number of imide groups is 1. The van der Waals surface area contributed by atoms with Crippen LogP contribution in [0.3, 0.4) is 0 Å². The van der Waals surface area contributed by atoms with E-state index in [4.69, 9.17) is 27.9 Å². The van der Waals surface area contributed by atoms with E-state index in [0.717, 1.165) is 11.8 Å². The largest absolute Gasteiger partial charge is 0.494 e. The van der Waals surface area contributed by atoms with Gasteiger partial charge in [0.2, 0.25) is 0 Å². The third kappa shape index (κ3) is 3.20. The van der Waals surface area contributed by atoms with Crippen LogP contribution >= 0.6 is 35.0 Å². The number of rotatable bonds is 3. The lowest BCUT2D eigenvalue weighted by molar-refractivity contribution is -0.123. The van der Waals surface area contributed by atoms with Crippen LogP contribution in [0.1, 0.15) is 19.4 Å². The summed E-state index contributed by atoms with van der Waals surface area (Å²) in [6.07, 6.45) is 1.60. The smallest absolute Gasteiger partial charge is 0.293 e. The molecule has 1 aliphatic rings. The molecule has 112 valence electrons. The lowest BCUT2D eigenvalue weighted by atomic mass is 10.2. The van der Waals surface area contributed by atoms with E-state index in [9.17, 15) is 9.59 Å². The van der Waals surface area contributed by atoms with Gasteiger partial charge in [-0.3, -0.25) is 14.5 Å². The van der Waals surface area contributed by atoms with Crippen molar-refractivity contribution in [3.05, 3.63) is 32.6 Å². The van der Waals surface area contributed by atoms with Gasteiger partial charge >= 0.3 is 0 Å². The Morgan fingerprint density at radius 1 is 1.24 bits per heavy atom. The third-order valence-electron chi connectivity index (χ3n) is 2.86. The monoisotopic (exact) mass is 345 g/mol. The van der Waals surface area contributed by atoms with Crippen molar-refractivity contribution in [2.75, 3.05) is 7.11 Å². The summed E-state index contributed by atoms with van der Waals surface area (Å²) in [7, 11) is 1.47. The Kier molecular flexibility index (Phi) is 4.86. The highest BCUT2D eigenvalue weighted by atomic mass is 35.5. The van der Waals surface area contributed by atoms with E-state index < -0.39 is 0 Å². The minimum Gasteiger partial charge on any atom is -0.494 e. The normalized spacial score (nSPS) is 17.2. The van der Waals surface area contributed by atoms with Crippen LogP contribution in [0, 0.1) is 0 Å². The first-order chi connectivity index (χ1) is 9.85. The summed E-state index contributed by atoms with van der Waals surface area (Å²) in [5.41, 5.74) is 0.639. The summed E-state index contributed by atoms with van der Waals surface area (Å²) in [4.78, 5) is 25.6. The Bertz CT molecular complexity index is 620. The molecule has 1 aliphatic heterocycles. The van der Waals surface area contributed by atoms with Crippen molar-refractivity contribution in [1.29, 1.82) is 0 Å². The Balaban J connectivity index is 2.37. The number of carbonyl (C=O) groups is 2. The van der Waals surface area contributed by atoms with Gasteiger partial charge in [0.25, 0.3) is 11.1 Å². The number of thioether (sulfide) groups is 1. The lowest BCUT2D eigenvalue weighted by Gasteiger charge is -2.16. The molecule has 0 aromatic heterocycles. The molecule has 0 spiro atoms. The van der Waals surface area contributed by atoms with Crippen LogP contribution in [0.15, 0.2) is 17.0 Å². The minimum absolute atomic E-state index is 0.175. The Morgan fingerprint density at radius 3 is 2.24 bits per heavy atom. The highest BCUT2D eigenvalue weighted by Gasteiger charge is 2.36. The third-order valence-corrected chi connectivity index (χ3v) is 4.31. The molecule has 7 heteroatoms. The molecule has 1 aromatic rings. The van der Waals surface area contributed by atoms with E-state index in [1.165, 1.54) is 12.0 Å². The number of halogens is 2. The summed E-state index contributed by atoms with van der Waals surface area (Å²) >= 11 is 13.0. The van der Waals surface area contributed by atoms with Crippen LogP contribution in [0.5, 0.6) is 5.75 Å². The van der Waals surface area contributed by atoms with Crippen molar-refractivity contribution in [2.24, 2.45) is 0 Å². The predicted molar refractivity (Wildman–Crippen MR) is 86.0 cm³/mol. The van der Waals surface area contributed by atoms with Crippen LogP contribution in [0.4, 0.5) is 4.79 Å². The van der Waals surface area contributed by atoms with Crippen molar-refractivity contribution in [2.45, 2.75) is 19.9 Å². The zero-order chi connectivity index (χ0) is 15.7. The highest BCUT2D eigenvalue weighted by Crippen LogP contribution is 2.37. The van der Waals surface area contributed by atoms with E-state index in [1.54, 1.807) is 32.1 Å². The van der Waals surface area contributed by atoms with Crippen molar-refractivity contribution in [3.8, 4) is 5.75 Å². The fourth-order valence-corrected chi connectivity index (χ4v) is 3.55. The molecule has 1 heterocycles. The minimum atomic E-state index is -0.303. The molecule has 1 aromatic carbocycles. The molecule has 21 heavy (non-hydrogen) atoms. The van der Waals surface area contributed by atoms with Crippen LogP contribution < -0.4 is 4.74 Å². The number of hydrogen-bond donors (Lipinski definition) is 0. The fourth-order valence-electron chi connectivity index (χ4n) is 1.93. The molecular formula is C14H13Cl2NO3S. The first-order valence-corrected chi connectivity index (χ1v) is 7.72. The number of amides is 2. The molecule has 0 bridgehead atoms. The number of carbonyl (C=O) groups excluding carboxylic acids is 2. The van der Waals surface area contributed by atoms with Crippen LogP contribution in [0.25, 0.3) is 6.08 Å². The van der Waals surface area contributed by atoms with Gasteiger partial charge in [-0.15, -0.1) is 0 Å². The van der Waals surface area contributed by atoms with E-state index in [1.807, 2.05) is 0 Å². The topological polar surface area (TPSA) is 46.6 Å². The van der Waals surface area contributed by atoms with Gasteiger partial charge in [0.15, 0.2) is 5.75 Å². The first-order valence-electron chi connectivity index (χ1n) is 6.15. The van der Waals surface area contributed by atoms with Crippen LogP contribution in [-0.2, 0) is 4.79 Å². The zero-order valence-electron chi connectivity index (χ0n) is 11.6. The molecule has 2 amide bonds. The number of benzene rings is 1. The first kappa shape index (κ1) is 16.2. The second kappa shape index (κ2) is 6.30. The highest BCUT2D eigenvalue weighted by molar-refractivity contribution is 8.18. The van der Waals surface area contributed by atoms with Gasteiger partial charge in [-0.2, -0.15) is 0 Å². The van der Waals surface area contributed by atoms with E-state index in [0.29, 0.717) is 26.3 Å². The van der Waals surface area contributed by atoms with Gasteiger partial charge in [0.05, 0.1) is 22.1 Å². The Labute approximate surface area is 137 Å². The molecule has 4 nitrogen and oxygen atoms in total. The lowest BCUT2D eigenvalue weighted by Crippen LogP contribution is -2.34. The van der Waals surface area contributed by atoms with Gasteiger partial charge in [-0.05, 0) is 49.4 Å². The summed E-state index contributed by atoms with van der Waals surface area (Å²) in [5.74, 6) is 0.0776. The Morgan fingerprint density at radius 2 is 1.81 bits per heavy atom. The summed E-state index contributed by atoms with van der Waals surface area (Å²) in [6.45, 7) is 3.58. The molecule has 2 rings (SSSR count). The van der Waals surface area contributed by atoms with E-state index in [2.05, 4.69) is 0 Å². The van der Waals surface area contributed by atoms with Crippen molar-refractivity contribution >= 4 is 52.2 Å². The Hall–Kier alpha value is -1.17. The number of methoxy groups -OCH3 is 1. The molecule has 0 radical (unpaired) electrons. The standard InChI is InChI=1S/C14H13Cl2NO3S/c1-7(2)17-13(18)11(21-14(17)19)6-8-4-9(15)12(20-3)10(16)5-8/h4-7H,1-3H3/b11-6+. The quantitative estimate of drug-likeness (QED) is 0.759. The SMILES string of the molecule is COc1c(Cl)cc(/C=C2/SC(=O)N(C(C)C)C2=O)cc1Cl. The molecule has 0 N–H and O–H groups in total. The molecule has 0 aliphatic carbocycles. The summed E-state index contributed by atoms with van der Waals surface area (Å²) in [6, 6.07) is 3.09. The van der Waals surface area contributed by atoms with Gasteiger partial charge in [0.1, 0.15) is 0 Å². The molecular weight excluding hydrogens is 333 g/mol. The van der Waals surface area contributed by atoms with Crippen LogP contribution in [0.2, 0.25) is 10.0 Å². The predicted octanol–water partition coefficient (Wildman–Crippen LogP) is 4.45. The number of hydrogen-bond acceptors (Lipinski definition) is 4. The van der Waals surface area contributed by atoms with E-state index in [-0.39, 0.29) is 17.2 Å². The second-order valence-electron chi connectivity index (χ2n) is 4.66. The molecule has 1 fully saturated rings. The van der Waals surface area contributed by atoms with Crippen molar-refractivity contribution in [3.63, 3.8) is 0 Å². The van der Waals surface area contributed by atoms with E-state index >= 15 is 0 Å². The molecule has 0 saturated carbocycles. The number of ether oxygens (including phenoxy) is 1. The van der Waals surface area contributed by atoms with Crippen molar-refractivity contribution in [1.82, 2.24) is 4.90 Å². The summed E-state index contributed by atoms with van der Waals surface area (Å²) in [5, 5.41) is 0.422. The fraction of sp³-hybridized carbons (Fsp3) is 0.286. The second-order valence-corrected chi connectivity index (χ2v) is 6.47. The zero-order valence-corrected chi connectivity index (χ0v) is 14.0. The average Bonchev–Trinajstić information content (AvgIpc) is 2.63.